The predicted molar refractivity (Wildman–Crippen MR) is 75.3 cm³/mol. The highest BCUT2D eigenvalue weighted by atomic mass is 32.2. The van der Waals surface area contributed by atoms with E-state index >= 15 is 0 Å². The van der Waals surface area contributed by atoms with Crippen LogP contribution in [-0.2, 0) is 16.6 Å². The number of sulfonamides is 1. The van der Waals surface area contributed by atoms with Crippen molar-refractivity contribution in [2.24, 2.45) is 0 Å². The summed E-state index contributed by atoms with van der Waals surface area (Å²) in [5.41, 5.74) is 7.70. The second-order valence-corrected chi connectivity index (χ2v) is 6.12. The molecule has 7 nitrogen and oxygen atoms in total. The molecule has 8 heteroatoms. The Hall–Kier alpha value is -2.32. The molecule has 0 bridgehead atoms. The number of aromatic nitrogens is 3. The summed E-state index contributed by atoms with van der Waals surface area (Å²) >= 11 is 0. The van der Waals surface area contributed by atoms with Crippen molar-refractivity contribution in [3.8, 4) is 0 Å². The normalized spacial score (nSPS) is 12.0. The standard InChI is InChI=1S/C12H13N5O2S/c13-9-1-2-10-11(3-9)14-7-12(10)20(18,19)17-6-8-4-15-16-5-8/h1-5,7,14,17H,6,13H2,(H,15,16). The van der Waals surface area contributed by atoms with Gasteiger partial charge in [-0.05, 0) is 18.2 Å². The molecule has 0 aliphatic heterocycles. The molecule has 0 fully saturated rings. The highest BCUT2D eigenvalue weighted by molar-refractivity contribution is 7.89. The second kappa shape index (κ2) is 4.66. The Labute approximate surface area is 115 Å². The van der Waals surface area contributed by atoms with Gasteiger partial charge in [0.15, 0.2) is 0 Å². The van der Waals surface area contributed by atoms with Gasteiger partial charge in [0.25, 0.3) is 0 Å². The average Bonchev–Trinajstić information content (AvgIpc) is 3.05. The molecule has 3 aromatic rings. The Morgan fingerprint density at radius 3 is 2.90 bits per heavy atom. The Morgan fingerprint density at radius 2 is 2.15 bits per heavy atom. The Bertz CT molecular complexity index is 836. The maximum absolute atomic E-state index is 12.3. The molecular formula is C12H13N5O2S. The number of aromatic amines is 2. The van der Waals surface area contributed by atoms with Gasteiger partial charge in [0, 0.05) is 41.1 Å². The fourth-order valence-electron chi connectivity index (χ4n) is 1.97. The average molecular weight is 291 g/mol. The van der Waals surface area contributed by atoms with Crippen molar-refractivity contribution < 1.29 is 8.42 Å². The minimum Gasteiger partial charge on any atom is -0.399 e. The van der Waals surface area contributed by atoms with E-state index < -0.39 is 10.0 Å². The number of hydrogen-bond acceptors (Lipinski definition) is 4. The number of fused-ring (bicyclic) bond motifs is 1. The highest BCUT2D eigenvalue weighted by Crippen LogP contribution is 2.24. The lowest BCUT2D eigenvalue weighted by atomic mass is 10.2. The maximum Gasteiger partial charge on any atom is 0.242 e. The van der Waals surface area contributed by atoms with E-state index in [0.717, 1.165) is 5.56 Å². The monoisotopic (exact) mass is 291 g/mol. The van der Waals surface area contributed by atoms with E-state index in [2.05, 4.69) is 19.9 Å². The van der Waals surface area contributed by atoms with Crippen LogP contribution in [0.25, 0.3) is 10.9 Å². The number of hydrogen-bond donors (Lipinski definition) is 4. The van der Waals surface area contributed by atoms with E-state index in [1.54, 1.807) is 30.6 Å². The molecule has 0 aliphatic carbocycles. The third-order valence-electron chi connectivity index (χ3n) is 2.98. The minimum absolute atomic E-state index is 0.181. The Balaban J connectivity index is 1.93. The fourth-order valence-corrected chi connectivity index (χ4v) is 3.16. The van der Waals surface area contributed by atoms with Crippen LogP contribution in [0.5, 0.6) is 0 Å². The summed E-state index contributed by atoms with van der Waals surface area (Å²) in [6, 6.07) is 5.06. The Kier molecular flexibility index (Phi) is 2.96. The number of nitrogens with zero attached hydrogens (tertiary/aromatic N) is 1. The van der Waals surface area contributed by atoms with Crippen LogP contribution < -0.4 is 10.5 Å². The molecule has 0 saturated heterocycles. The molecule has 3 rings (SSSR count). The van der Waals surface area contributed by atoms with E-state index in [1.807, 2.05) is 0 Å². The van der Waals surface area contributed by atoms with Crippen molar-refractivity contribution in [3.05, 3.63) is 42.4 Å². The lowest BCUT2D eigenvalue weighted by molar-refractivity contribution is 0.582. The van der Waals surface area contributed by atoms with Gasteiger partial charge in [0.05, 0.1) is 6.20 Å². The van der Waals surface area contributed by atoms with Gasteiger partial charge in [-0.1, -0.05) is 0 Å². The van der Waals surface area contributed by atoms with Gasteiger partial charge in [-0.2, -0.15) is 5.10 Å². The number of nitrogens with two attached hydrogens (primary N) is 1. The number of H-pyrrole nitrogens is 2. The molecular weight excluding hydrogens is 278 g/mol. The molecule has 0 amide bonds. The Morgan fingerprint density at radius 1 is 1.30 bits per heavy atom. The van der Waals surface area contributed by atoms with Crippen molar-refractivity contribution in [2.75, 3.05) is 5.73 Å². The molecule has 0 saturated carbocycles. The van der Waals surface area contributed by atoms with Crippen LogP contribution in [0.1, 0.15) is 5.56 Å². The molecule has 20 heavy (non-hydrogen) atoms. The fraction of sp³-hybridized carbons (Fsp3) is 0.0833. The summed E-state index contributed by atoms with van der Waals surface area (Å²) in [4.78, 5) is 3.12. The van der Waals surface area contributed by atoms with E-state index in [0.29, 0.717) is 16.6 Å². The van der Waals surface area contributed by atoms with E-state index in [4.69, 9.17) is 5.73 Å². The van der Waals surface area contributed by atoms with E-state index in [-0.39, 0.29) is 11.4 Å². The molecule has 2 aromatic heterocycles. The molecule has 0 atom stereocenters. The summed E-state index contributed by atoms with van der Waals surface area (Å²) in [6.45, 7) is 0.181. The first-order valence-electron chi connectivity index (χ1n) is 5.90. The first kappa shape index (κ1) is 12.7. The van der Waals surface area contributed by atoms with Gasteiger partial charge in [-0.25, -0.2) is 13.1 Å². The van der Waals surface area contributed by atoms with Crippen LogP contribution in [0.15, 0.2) is 41.7 Å². The summed E-state index contributed by atoms with van der Waals surface area (Å²) in [5, 5.41) is 7.01. The van der Waals surface area contributed by atoms with E-state index in [9.17, 15) is 8.42 Å². The van der Waals surface area contributed by atoms with Crippen LogP contribution in [0, 0.1) is 0 Å². The smallest absolute Gasteiger partial charge is 0.242 e. The largest absolute Gasteiger partial charge is 0.399 e. The van der Waals surface area contributed by atoms with Gasteiger partial charge >= 0.3 is 0 Å². The van der Waals surface area contributed by atoms with Crippen LogP contribution in [-0.4, -0.2) is 23.6 Å². The third kappa shape index (κ3) is 2.26. The quantitative estimate of drug-likeness (QED) is 0.535. The predicted octanol–water partition coefficient (Wildman–Crippen LogP) is 0.952. The van der Waals surface area contributed by atoms with Crippen molar-refractivity contribution in [2.45, 2.75) is 11.4 Å². The zero-order valence-electron chi connectivity index (χ0n) is 10.4. The van der Waals surface area contributed by atoms with Crippen LogP contribution >= 0.6 is 0 Å². The zero-order chi connectivity index (χ0) is 14.2. The molecule has 0 aliphatic rings. The van der Waals surface area contributed by atoms with Gasteiger partial charge in [-0.15, -0.1) is 0 Å². The first-order chi connectivity index (χ1) is 9.56. The summed E-state index contributed by atoms with van der Waals surface area (Å²) in [6.07, 6.45) is 4.67. The number of anilines is 1. The summed E-state index contributed by atoms with van der Waals surface area (Å²) in [5.74, 6) is 0. The molecule has 0 unspecified atom stereocenters. The van der Waals surface area contributed by atoms with E-state index in [1.165, 1.54) is 6.20 Å². The second-order valence-electron chi connectivity index (χ2n) is 4.39. The van der Waals surface area contributed by atoms with Crippen LogP contribution in [0.3, 0.4) is 0 Å². The number of nitrogens with one attached hydrogen (secondary N) is 3. The maximum atomic E-state index is 12.3. The van der Waals surface area contributed by atoms with Gasteiger partial charge in [-0.3, -0.25) is 5.10 Å². The van der Waals surface area contributed by atoms with Crippen LogP contribution in [0.4, 0.5) is 5.69 Å². The lowest BCUT2D eigenvalue weighted by Crippen LogP contribution is -2.22. The molecule has 0 spiro atoms. The molecule has 104 valence electrons. The topological polar surface area (TPSA) is 117 Å². The van der Waals surface area contributed by atoms with Gasteiger partial charge < -0.3 is 10.7 Å². The van der Waals surface area contributed by atoms with Crippen molar-refractivity contribution in [1.29, 1.82) is 0 Å². The molecule has 0 radical (unpaired) electrons. The molecule has 1 aromatic carbocycles. The minimum atomic E-state index is -3.60. The zero-order valence-corrected chi connectivity index (χ0v) is 11.2. The van der Waals surface area contributed by atoms with Crippen molar-refractivity contribution in [3.63, 3.8) is 0 Å². The number of nitrogen functional groups attached to an aromatic ring is 1. The van der Waals surface area contributed by atoms with Gasteiger partial charge in [0.1, 0.15) is 4.90 Å². The molecule has 2 heterocycles. The van der Waals surface area contributed by atoms with Crippen LogP contribution in [0.2, 0.25) is 0 Å². The van der Waals surface area contributed by atoms with Gasteiger partial charge in [0.2, 0.25) is 10.0 Å². The first-order valence-corrected chi connectivity index (χ1v) is 7.38. The van der Waals surface area contributed by atoms with Crippen molar-refractivity contribution in [1.82, 2.24) is 19.9 Å². The summed E-state index contributed by atoms with van der Waals surface area (Å²) in [7, 11) is -3.60. The third-order valence-corrected chi connectivity index (χ3v) is 4.42. The number of rotatable bonds is 4. The van der Waals surface area contributed by atoms with Crippen molar-refractivity contribution >= 4 is 26.6 Å². The molecule has 5 N–H and O–H groups in total. The highest BCUT2D eigenvalue weighted by Gasteiger charge is 2.18. The SMILES string of the molecule is Nc1ccc2c(S(=O)(=O)NCc3cn[nH]c3)c[nH]c2c1. The lowest BCUT2D eigenvalue weighted by Gasteiger charge is -2.04. The number of benzene rings is 1. The summed E-state index contributed by atoms with van der Waals surface area (Å²) < 4.78 is 27.1.